The van der Waals surface area contributed by atoms with E-state index in [1.807, 2.05) is 18.2 Å². The van der Waals surface area contributed by atoms with Gasteiger partial charge in [0.1, 0.15) is 12.1 Å². The highest BCUT2D eigenvalue weighted by molar-refractivity contribution is 6.26. The molecule has 2 rings (SSSR count). The first-order valence-electron chi connectivity index (χ1n) is 10.7. The van der Waals surface area contributed by atoms with Crippen LogP contribution in [0.25, 0.3) is 17.0 Å². The Balaban J connectivity index is 2.26. The number of carbonyl (C=O) groups is 4. The monoisotopic (exact) mass is 454 g/mol. The molecule has 2 atom stereocenters. The highest BCUT2D eigenvalue weighted by atomic mass is 16.5. The zero-order chi connectivity index (χ0) is 24.5. The number of Topliss-reactive ketones (excluding diaryl/α,β-unsaturated/α-hetero) is 1. The minimum Gasteiger partial charge on any atom is -0.461 e. The third kappa shape index (κ3) is 7.13. The van der Waals surface area contributed by atoms with Crippen LogP contribution in [0, 0.1) is 5.41 Å². The van der Waals surface area contributed by atoms with E-state index in [9.17, 15) is 19.2 Å². The van der Waals surface area contributed by atoms with Crippen molar-refractivity contribution in [2.45, 2.75) is 58.2 Å². The minimum atomic E-state index is -1.09. The van der Waals surface area contributed by atoms with Gasteiger partial charge in [-0.25, -0.2) is 4.79 Å². The number of ketones is 1. The molecule has 0 saturated carbocycles. The molecule has 0 aliphatic heterocycles. The van der Waals surface area contributed by atoms with E-state index in [0.29, 0.717) is 6.21 Å². The quantitative estimate of drug-likeness (QED) is 0.288. The van der Waals surface area contributed by atoms with Crippen molar-refractivity contribution in [3.05, 3.63) is 42.1 Å². The number of rotatable bonds is 12. The largest absolute Gasteiger partial charge is 0.461 e. The van der Waals surface area contributed by atoms with Crippen LogP contribution in [-0.4, -0.2) is 53.0 Å². The third-order valence-corrected chi connectivity index (χ3v) is 4.96. The van der Waals surface area contributed by atoms with Gasteiger partial charge in [-0.2, -0.15) is 0 Å². The summed E-state index contributed by atoms with van der Waals surface area (Å²) in [6.45, 7) is 8.46. The molecule has 33 heavy (non-hydrogen) atoms. The number of fused-ring (bicyclic) bond motifs is 1. The first kappa shape index (κ1) is 25.5. The smallest absolute Gasteiger partial charge is 0.328 e. The van der Waals surface area contributed by atoms with Gasteiger partial charge in [0.2, 0.25) is 11.8 Å². The van der Waals surface area contributed by atoms with Gasteiger partial charge in [-0.3, -0.25) is 14.4 Å². The van der Waals surface area contributed by atoms with Crippen LogP contribution in [0.15, 0.2) is 31.0 Å². The maximum atomic E-state index is 13.1. The SMILES string of the molecule is C=Cc1cccc2c(C[C@H](NC(C)=O)C(=O)N[C@@H](CCC(=O)C=N)C(=O)OC(C)C)c[nH]c12. The number of H-pyrrole nitrogens is 1. The van der Waals surface area contributed by atoms with Crippen molar-refractivity contribution in [3.63, 3.8) is 0 Å². The number of benzene rings is 1. The van der Waals surface area contributed by atoms with Crippen molar-refractivity contribution in [2.24, 2.45) is 0 Å². The van der Waals surface area contributed by atoms with Gasteiger partial charge in [-0.05, 0) is 31.4 Å². The van der Waals surface area contributed by atoms with Crippen molar-refractivity contribution in [3.8, 4) is 0 Å². The molecule has 0 bridgehead atoms. The highest BCUT2D eigenvalue weighted by Gasteiger charge is 2.28. The van der Waals surface area contributed by atoms with Gasteiger partial charge in [0.25, 0.3) is 0 Å². The molecular formula is C24H30N4O5. The van der Waals surface area contributed by atoms with Crippen molar-refractivity contribution >= 4 is 46.8 Å². The van der Waals surface area contributed by atoms with Crippen molar-refractivity contribution < 1.29 is 23.9 Å². The Morgan fingerprint density at radius 2 is 1.91 bits per heavy atom. The fourth-order valence-corrected chi connectivity index (χ4v) is 3.44. The van der Waals surface area contributed by atoms with Crippen LogP contribution in [0.4, 0.5) is 0 Å². The molecular weight excluding hydrogens is 424 g/mol. The second-order valence-electron chi connectivity index (χ2n) is 7.94. The summed E-state index contributed by atoms with van der Waals surface area (Å²) in [4.78, 5) is 52.1. The van der Waals surface area contributed by atoms with Gasteiger partial charge >= 0.3 is 5.97 Å². The zero-order valence-corrected chi connectivity index (χ0v) is 19.1. The summed E-state index contributed by atoms with van der Waals surface area (Å²) in [6, 6.07) is 3.65. The first-order chi connectivity index (χ1) is 15.7. The number of aromatic amines is 1. The van der Waals surface area contributed by atoms with Gasteiger partial charge in [0.15, 0.2) is 5.78 Å². The average molecular weight is 455 g/mol. The van der Waals surface area contributed by atoms with Crippen molar-refractivity contribution in [2.75, 3.05) is 0 Å². The molecule has 0 aliphatic rings. The second kappa shape index (κ2) is 11.8. The minimum absolute atomic E-state index is 0.0198. The van der Waals surface area contributed by atoms with E-state index in [0.717, 1.165) is 22.0 Å². The van der Waals surface area contributed by atoms with Gasteiger partial charge in [0.05, 0.1) is 17.8 Å². The summed E-state index contributed by atoms with van der Waals surface area (Å²) in [6.07, 6.45) is 3.81. The summed E-state index contributed by atoms with van der Waals surface area (Å²) in [5.74, 6) is -2.13. The molecule has 0 aliphatic carbocycles. The number of amides is 2. The number of aromatic nitrogens is 1. The summed E-state index contributed by atoms with van der Waals surface area (Å²) in [5, 5.41) is 13.2. The number of hydrogen-bond acceptors (Lipinski definition) is 6. The van der Waals surface area contributed by atoms with Crippen molar-refractivity contribution in [1.82, 2.24) is 15.6 Å². The Bertz CT molecular complexity index is 1060. The molecule has 176 valence electrons. The third-order valence-electron chi connectivity index (χ3n) is 4.96. The fourth-order valence-electron chi connectivity index (χ4n) is 3.44. The van der Waals surface area contributed by atoms with Gasteiger partial charge in [-0.1, -0.05) is 30.9 Å². The predicted octanol–water partition coefficient (Wildman–Crippen LogP) is 2.29. The number of para-hydroxylation sites is 1. The van der Waals surface area contributed by atoms with Crippen molar-refractivity contribution in [1.29, 1.82) is 5.41 Å². The van der Waals surface area contributed by atoms with Crippen LogP contribution >= 0.6 is 0 Å². The van der Waals surface area contributed by atoms with E-state index >= 15 is 0 Å². The van der Waals surface area contributed by atoms with Crippen LogP contribution in [0.2, 0.25) is 0 Å². The summed E-state index contributed by atoms with van der Waals surface area (Å²) >= 11 is 0. The van der Waals surface area contributed by atoms with Crippen LogP contribution < -0.4 is 10.6 Å². The lowest BCUT2D eigenvalue weighted by Crippen LogP contribution is -2.52. The van der Waals surface area contributed by atoms with E-state index in [-0.39, 0.29) is 19.3 Å². The number of nitrogens with one attached hydrogen (secondary N) is 4. The number of ether oxygens (including phenoxy) is 1. The standard InChI is InChI=1S/C24H30N4O5/c1-5-16-7-6-8-19-17(13-26-22(16)19)11-21(27-15(4)29)23(31)28-20(10-9-18(30)12-25)24(32)33-14(2)3/h5-8,12-14,20-21,25-26H,1,9-11H2,2-4H3,(H,27,29)(H,28,31)/t20-,21-/m0/s1. The second-order valence-corrected chi connectivity index (χ2v) is 7.94. The molecule has 0 spiro atoms. The molecule has 2 amide bonds. The molecule has 0 fully saturated rings. The van der Waals surface area contributed by atoms with Crippen LogP contribution in [0.1, 0.15) is 44.7 Å². The lowest BCUT2D eigenvalue weighted by atomic mass is 10.0. The molecule has 2 aromatic rings. The Hall–Kier alpha value is -3.75. The normalized spacial score (nSPS) is 12.6. The Morgan fingerprint density at radius 3 is 2.52 bits per heavy atom. The Labute approximate surface area is 192 Å². The van der Waals surface area contributed by atoms with E-state index < -0.39 is 41.8 Å². The maximum absolute atomic E-state index is 13.1. The van der Waals surface area contributed by atoms with Gasteiger partial charge in [0, 0.05) is 31.3 Å². The molecule has 4 N–H and O–H groups in total. The van der Waals surface area contributed by atoms with E-state index in [4.69, 9.17) is 10.1 Å². The van der Waals surface area contributed by atoms with E-state index in [1.54, 1.807) is 26.1 Å². The summed E-state index contributed by atoms with van der Waals surface area (Å²) in [5.41, 5.74) is 2.59. The molecule has 1 aromatic carbocycles. The lowest BCUT2D eigenvalue weighted by molar-refractivity contribution is -0.151. The average Bonchev–Trinajstić information content (AvgIpc) is 3.17. The van der Waals surface area contributed by atoms with Gasteiger partial charge in [-0.15, -0.1) is 0 Å². The molecule has 0 saturated heterocycles. The number of hydrogen-bond donors (Lipinski definition) is 4. The molecule has 9 heteroatoms. The summed E-state index contributed by atoms with van der Waals surface area (Å²) < 4.78 is 5.21. The van der Waals surface area contributed by atoms with Crippen LogP contribution in [0.3, 0.4) is 0 Å². The number of esters is 1. The molecule has 9 nitrogen and oxygen atoms in total. The summed E-state index contributed by atoms with van der Waals surface area (Å²) in [7, 11) is 0. The topological polar surface area (TPSA) is 141 Å². The predicted molar refractivity (Wildman–Crippen MR) is 126 cm³/mol. The Morgan fingerprint density at radius 1 is 1.18 bits per heavy atom. The molecule has 1 aromatic heterocycles. The van der Waals surface area contributed by atoms with Crippen LogP contribution in [-0.2, 0) is 30.3 Å². The van der Waals surface area contributed by atoms with Gasteiger partial charge < -0.3 is 25.8 Å². The van der Waals surface area contributed by atoms with E-state index in [2.05, 4.69) is 22.2 Å². The zero-order valence-electron chi connectivity index (χ0n) is 19.1. The molecule has 0 radical (unpaired) electrons. The van der Waals surface area contributed by atoms with Crippen LogP contribution in [0.5, 0.6) is 0 Å². The van der Waals surface area contributed by atoms with E-state index in [1.165, 1.54) is 6.92 Å². The molecule has 0 unspecified atom stereocenters. The maximum Gasteiger partial charge on any atom is 0.328 e. The number of carbonyl (C=O) groups excluding carboxylic acids is 4. The fraction of sp³-hybridized carbons (Fsp3) is 0.375. The molecule has 1 heterocycles. The first-order valence-corrected chi connectivity index (χ1v) is 10.7. The Kier molecular flexibility index (Phi) is 9.08. The lowest BCUT2D eigenvalue weighted by Gasteiger charge is -2.23. The highest BCUT2D eigenvalue weighted by Crippen LogP contribution is 2.23.